The summed E-state index contributed by atoms with van der Waals surface area (Å²) in [7, 11) is -5.22. The standard InChI is InChI=1S/C15H28B2NO7P/c1-6-23-26(21,24-7-2)12-22-15-10-8-14(9-11-15)13(3)18(16(4)19)25-17(5)20/h8-11,13,19-20H,6-7,12H2,1-5H3. The molecule has 0 saturated heterocycles. The number of benzene rings is 1. The predicted molar refractivity (Wildman–Crippen MR) is 102 cm³/mol. The van der Waals surface area contributed by atoms with Crippen molar-refractivity contribution in [3.05, 3.63) is 29.8 Å². The second kappa shape index (κ2) is 11.1. The van der Waals surface area contributed by atoms with Gasteiger partial charge in [-0.15, -0.1) is 0 Å². The lowest BCUT2D eigenvalue weighted by Gasteiger charge is -2.30. The van der Waals surface area contributed by atoms with Crippen LogP contribution >= 0.6 is 7.60 Å². The molecule has 26 heavy (non-hydrogen) atoms. The lowest BCUT2D eigenvalue weighted by atomic mass is 9.84. The first-order valence-corrected chi connectivity index (χ1v) is 10.4. The molecule has 0 aliphatic carbocycles. The van der Waals surface area contributed by atoms with Gasteiger partial charge in [-0.1, -0.05) is 12.1 Å². The van der Waals surface area contributed by atoms with Gasteiger partial charge >= 0.3 is 21.8 Å². The molecule has 0 amide bonds. The molecular formula is C15H28B2NO7P. The Morgan fingerprint density at radius 2 is 1.65 bits per heavy atom. The molecule has 2 N–H and O–H groups in total. The van der Waals surface area contributed by atoms with Crippen molar-refractivity contribution in [1.82, 2.24) is 4.97 Å². The zero-order valence-corrected chi connectivity index (χ0v) is 16.9. The van der Waals surface area contributed by atoms with Crippen LogP contribution in [0.1, 0.15) is 32.4 Å². The van der Waals surface area contributed by atoms with Crippen molar-refractivity contribution in [1.29, 1.82) is 0 Å². The van der Waals surface area contributed by atoms with Crippen LogP contribution < -0.4 is 4.74 Å². The van der Waals surface area contributed by atoms with E-state index >= 15 is 0 Å². The molecular weight excluding hydrogens is 359 g/mol. The van der Waals surface area contributed by atoms with E-state index in [1.807, 2.05) is 6.92 Å². The number of ether oxygens (including phenoxy) is 1. The molecule has 0 heterocycles. The Labute approximate surface area is 156 Å². The molecule has 0 saturated carbocycles. The van der Waals surface area contributed by atoms with Crippen molar-refractivity contribution in [2.75, 3.05) is 19.6 Å². The van der Waals surface area contributed by atoms with E-state index in [2.05, 4.69) is 0 Å². The fourth-order valence-corrected chi connectivity index (χ4v) is 3.64. The summed E-state index contributed by atoms with van der Waals surface area (Å²) in [6.07, 6.45) is -0.172. The van der Waals surface area contributed by atoms with Crippen molar-refractivity contribution in [2.24, 2.45) is 0 Å². The van der Waals surface area contributed by atoms with Gasteiger partial charge in [0.15, 0.2) is 6.35 Å². The Hall–Kier alpha value is -0.860. The molecule has 0 spiro atoms. The summed E-state index contributed by atoms with van der Waals surface area (Å²) in [5, 5.41) is 19.2. The Morgan fingerprint density at radius 3 is 2.08 bits per heavy atom. The molecule has 1 rings (SSSR count). The van der Waals surface area contributed by atoms with Crippen molar-refractivity contribution in [3.63, 3.8) is 0 Å². The molecule has 1 unspecified atom stereocenters. The highest BCUT2D eigenvalue weighted by Crippen LogP contribution is 2.47. The average molecular weight is 387 g/mol. The maximum atomic E-state index is 12.4. The van der Waals surface area contributed by atoms with Crippen LogP contribution in [-0.4, -0.2) is 48.8 Å². The number of hydrogen-bond donors (Lipinski definition) is 2. The van der Waals surface area contributed by atoms with Crippen LogP contribution in [0.4, 0.5) is 0 Å². The van der Waals surface area contributed by atoms with E-state index < -0.39 is 21.8 Å². The van der Waals surface area contributed by atoms with Crippen LogP contribution in [0.5, 0.6) is 5.75 Å². The summed E-state index contributed by atoms with van der Waals surface area (Å²) in [5.74, 6) is 0.514. The van der Waals surface area contributed by atoms with E-state index in [1.165, 1.54) is 11.8 Å². The van der Waals surface area contributed by atoms with Gasteiger partial charge < -0.3 is 28.6 Å². The van der Waals surface area contributed by atoms with E-state index in [0.717, 1.165) is 5.56 Å². The van der Waals surface area contributed by atoms with Crippen LogP contribution in [0, 0.1) is 0 Å². The Bertz CT molecular complexity index is 564. The van der Waals surface area contributed by atoms with Gasteiger partial charge in [-0.3, -0.25) is 4.57 Å². The van der Waals surface area contributed by atoms with Crippen LogP contribution in [0.3, 0.4) is 0 Å². The first-order valence-electron chi connectivity index (χ1n) is 8.64. The van der Waals surface area contributed by atoms with Gasteiger partial charge in [-0.25, -0.2) is 4.97 Å². The molecule has 0 radical (unpaired) electrons. The molecule has 11 heteroatoms. The summed E-state index contributed by atoms with van der Waals surface area (Å²) in [6.45, 7) is 8.88. The molecule has 146 valence electrons. The second-order valence-electron chi connectivity index (χ2n) is 5.66. The highest BCUT2D eigenvalue weighted by Gasteiger charge is 2.28. The van der Waals surface area contributed by atoms with Gasteiger partial charge in [-0.05, 0) is 52.1 Å². The predicted octanol–water partition coefficient (Wildman–Crippen LogP) is 2.80. The first kappa shape index (κ1) is 23.2. The third-order valence-corrected chi connectivity index (χ3v) is 5.18. The van der Waals surface area contributed by atoms with Crippen LogP contribution in [-0.2, 0) is 18.4 Å². The summed E-state index contributed by atoms with van der Waals surface area (Å²) in [5.41, 5.74) is 0.844. The topological polar surface area (TPSA) is 97.7 Å². The van der Waals surface area contributed by atoms with Gasteiger partial charge in [0.25, 0.3) is 0 Å². The van der Waals surface area contributed by atoms with Gasteiger partial charge in [0.2, 0.25) is 0 Å². The van der Waals surface area contributed by atoms with Crippen molar-refractivity contribution in [3.8, 4) is 5.75 Å². The van der Waals surface area contributed by atoms with E-state index in [1.54, 1.807) is 44.9 Å². The van der Waals surface area contributed by atoms with Crippen LogP contribution in [0.25, 0.3) is 0 Å². The summed E-state index contributed by atoms with van der Waals surface area (Å²) < 4.78 is 33.5. The van der Waals surface area contributed by atoms with Crippen LogP contribution in [0.15, 0.2) is 24.3 Å². The van der Waals surface area contributed by atoms with E-state index in [4.69, 9.17) is 18.5 Å². The number of hydroxylamine groups is 1. The highest BCUT2D eigenvalue weighted by molar-refractivity contribution is 7.53. The van der Waals surface area contributed by atoms with Gasteiger partial charge in [0.1, 0.15) is 5.75 Å². The molecule has 0 aliphatic rings. The number of rotatable bonds is 12. The molecule has 0 bridgehead atoms. The minimum Gasteiger partial charge on any atom is -0.481 e. The van der Waals surface area contributed by atoms with Crippen molar-refractivity contribution >= 4 is 21.8 Å². The quantitative estimate of drug-likeness (QED) is 0.321. The second-order valence-corrected chi connectivity index (χ2v) is 7.66. The normalized spacial score (nSPS) is 12.9. The van der Waals surface area contributed by atoms with E-state index in [9.17, 15) is 14.6 Å². The minimum absolute atomic E-state index is 0.172. The van der Waals surface area contributed by atoms with Crippen molar-refractivity contribution in [2.45, 2.75) is 40.5 Å². The maximum absolute atomic E-state index is 12.4. The van der Waals surface area contributed by atoms with E-state index in [0.29, 0.717) is 5.75 Å². The lowest BCUT2D eigenvalue weighted by Crippen LogP contribution is -2.42. The summed E-state index contributed by atoms with van der Waals surface area (Å²) in [6, 6.07) is 6.73. The SMILES string of the molecule is CCOP(=O)(COc1ccc(C(C)N(OB(C)O)B(C)O)cc1)OCC. The third-order valence-electron chi connectivity index (χ3n) is 3.43. The fraction of sp³-hybridized carbons (Fsp3) is 0.600. The molecule has 1 atom stereocenters. The molecule has 8 nitrogen and oxygen atoms in total. The number of hydrogen-bond acceptors (Lipinski definition) is 8. The molecule has 0 aromatic heterocycles. The van der Waals surface area contributed by atoms with Gasteiger partial charge in [0.05, 0.1) is 13.2 Å². The zero-order valence-electron chi connectivity index (χ0n) is 16.0. The average Bonchev–Trinajstić information content (AvgIpc) is 2.58. The van der Waals surface area contributed by atoms with E-state index in [-0.39, 0.29) is 25.6 Å². The molecule has 1 aromatic rings. The third kappa shape index (κ3) is 7.40. The summed E-state index contributed by atoms with van der Waals surface area (Å²) >= 11 is 0. The summed E-state index contributed by atoms with van der Waals surface area (Å²) in [4.78, 5) is 1.30. The first-order chi connectivity index (χ1) is 12.2. The molecule has 0 fully saturated rings. The van der Waals surface area contributed by atoms with Gasteiger partial charge in [0, 0.05) is 6.04 Å². The Balaban J connectivity index is 2.76. The van der Waals surface area contributed by atoms with Crippen LogP contribution in [0.2, 0.25) is 13.6 Å². The fourth-order valence-electron chi connectivity index (χ4n) is 2.33. The molecule has 0 aliphatic heterocycles. The Kier molecular flexibility index (Phi) is 9.89. The van der Waals surface area contributed by atoms with Gasteiger partial charge in [-0.2, -0.15) is 0 Å². The highest BCUT2D eigenvalue weighted by atomic mass is 31.2. The number of nitrogens with zero attached hydrogens (tertiary/aromatic N) is 1. The Morgan fingerprint density at radius 1 is 1.12 bits per heavy atom. The lowest BCUT2D eigenvalue weighted by molar-refractivity contribution is -0.0397. The minimum atomic E-state index is -3.27. The smallest absolute Gasteiger partial charge is 0.467 e. The largest absolute Gasteiger partial charge is 0.481 e. The zero-order chi connectivity index (χ0) is 19.7. The molecule has 1 aromatic carbocycles. The van der Waals surface area contributed by atoms with Crippen molar-refractivity contribution < 1.29 is 33.2 Å². The maximum Gasteiger partial charge on any atom is 0.467 e. The monoisotopic (exact) mass is 387 g/mol.